The quantitative estimate of drug-likeness (QED) is 0.619. The van der Waals surface area contributed by atoms with Gasteiger partial charge in [0.25, 0.3) is 5.91 Å². The van der Waals surface area contributed by atoms with Crippen LogP contribution in [0.1, 0.15) is 32.7 Å². The fraction of sp³-hybridized carbons (Fsp3) is 0.318. The number of fused-ring (bicyclic) bond motifs is 1. The molecule has 0 saturated heterocycles. The normalized spacial score (nSPS) is 11.1. The number of benzene rings is 2. The van der Waals surface area contributed by atoms with E-state index in [1.54, 1.807) is 16.7 Å². The molecule has 0 atom stereocenters. The van der Waals surface area contributed by atoms with Gasteiger partial charge in [0, 0.05) is 28.9 Å². The first kappa shape index (κ1) is 19.5. The van der Waals surface area contributed by atoms with Gasteiger partial charge < -0.3 is 15.0 Å². The van der Waals surface area contributed by atoms with Crippen LogP contribution in [0.4, 0.5) is 0 Å². The van der Waals surface area contributed by atoms with Crippen LogP contribution >= 0.6 is 11.8 Å². The van der Waals surface area contributed by atoms with Gasteiger partial charge in [-0.15, -0.1) is 11.8 Å². The molecule has 1 aromatic heterocycles. The van der Waals surface area contributed by atoms with Gasteiger partial charge in [0.15, 0.2) is 0 Å². The van der Waals surface area contributed by atoms with Crippen LogP contribution in [0.15, 0.2) is 41.3 Å². The lowest BCUT2D eigenvalue weighted by Crippen LogP contribution is -2.33. The second-order valence-electron chi connectivity index (χ2n) is 6.87. The minimum Gasteiger partial charge on any atom is -0.395 e. The summed E-state index contributed by atoms with van der Waals surface area (Å²) in [7, 11) is 0. The fourth-order valence-corrected chi connectivity index (χ4v) is 3.90. The molecule has 27 heavy (non-hydrogen) atoms. The summed E-state index contributed by atoms with van der Waals surface area (Å²) in [5.41, 5.74) is 5.93. The minimum atomic E-state index is -0.0782. The maximum atomic E-state index is 13.3. The molecular weight excluding hydrogens is 356 g/mol. The van der Waals surface area contributed by atoms with Gasteiger partial charge in [-0.25, -0.2) is 0 Å². The van der Waals surface area contributed by atoms with Crippen molar-refractivity contribution in [3.05, 3.63) is 64.3 Å². The van der Waals surface area contributed by atoms with Crippen molar-refractivity contribution in [2.45, 2.75) is 32.2 Å². The molecule has 0 spiro atoms. The number of aryl methyl sites for hydroxylation is 3. The zero-order valence-corrected chi connectivity index (χ0v) is 17.1. The second kappa shape index (κ2) is 8.19. The molecule has 1 amide bonds. The highest BCUT2D eigenvalue weighted by Gasteiger charge is 2.22. The molecule has 3 rings (SSSR count). The summed E-state index contributed by atoms with van der Waals surface area (Å²) in [6.07, 6.45) is 2.04. The van der Waals surface area contributed by atoms with E-state index < -0.39 is 0 Å². The molecule has 0 saturated carbocycles. The molecule has 2 N–H and O–H groups in total. The van der Waals surface area contributed by atoms with Gasteiger partial charge >= 0.3 is 0 Å². The Morgan fingerprint density at radius 2 is 1.74 bits per heavy atom. The van der Waals surface area contributed by atoms with Crippen LogP contribution < -0.4 is 0 Å². The summed E-state index contributed by atoms with van der Waals surface area (Å²) < 4.78 is 0. The average Bonchev–Trinajstić information content (AvgIpc) is 3.03. The third kappa shape index (κ3) is 3.89. The Labute approximate surface area is 164 Å². The number of aromatic nitrogens is 1. The van der Waals surface area contributed by atoms with Crippen molar-refractivity contribution in [2.75, 3.05) is 19.4 Å². The predicted molar refractivity (Wildman–Crippen MR) is 113 cm³/mol. The van der Waals surface area contributed by atoms with Crippen LogP contribution in [0.2, 0.25) is 0 Å². The van der Waals surface area contributed by atoms with E-state index in [4.69, 9.17) is 0 Å². The number of hydrogen-bond donors (Lipinski definition) is 2. The largest absolute Gasteiger partial charge is 0.395 e. The van der Waals surface area contributed by atoms with E-state index in [0.717, 1.165) is 33.2 Å². The van der Waals surface area contributed by atoms with Crippen LogP contribution in [-0.2, 0) is 6.54 Å². The van der Waals surface area contributed by atoms with Gasteiger partial charge in [0.1, 0.15) is 5.69 Å². The lowest BCUT2D eigenvalue weighted by atomic mass is 10.0. The van der Waals surface area contributed by atoms with Crippen molar-refractivity contribution in [2.24, 2.45) is 0 Å². The number of rotatable bonds is 6. The van der Waals surface area contributed by atoms with Crippen molar-refractivity contribution < 1.29 is 9.90 Å². The van der Waals surface area contributed by atoms with E-state index in [0.29, 0.717) is 18.8 Å². The van der Waals surface area contributed by atoms with Crippen molar-refractivity contribution >= 4 is 28.6 Å². The minimum absolute atomic E-state index is 0.0635. The molecule has 0 unspecified atom stereocenters. The molecular formula is C22H26N2O2S. The monoisotopic (exact) mass is 382 g/mol. The van der Waals surface area contributed by atoms with E-state index in [9.17, 15) is 9.90 Å². The van der Waals surface area contributed by atoms with Gasteiger partial charge in [0.05, 0.1) is 6.61 Å². The highest BCUT2D eigenvalue weighted by Crippen LogP contribution is 2.28. The predicted octanol–water partition coefficient (Wildman–Crippen LogP) is 4.45. The van der Waals surface area contributed by atoms with Crippen LogP contribution in [0.25, 0.3) is 10.9 Å². The summed E-state index contributed by atoms with van der Waals surface area (Å²) in [5.74, 6) is -0.0782. The highest BCUT2D eigenvalue weighted by atomic mass is 32.2. The third-order valence-corrected chi connectivity index (χ3v) is 5.77. The first-order valence-corrected chi connectivity index (χ1v) is 10.3. The molecule has 142 valence electrons. The second-order valence-corrected chi connectivity index (χ2v) is 7.75. The number of H-pyrrole nitrogens is 1. The van der Waals surface area contributed by atoms with Gasteiger partial charge in [-0.05, 0) is 61.4 Å². The number of nitrogens with zero attached hydrogens (tertiary/aromatic N) is 1. The van der Waals surface area contributed by atoms with Crippen LogP contribution in [0.3, 0.4) is 0 Å². The fourth-order valence-electron chi connectivity index (χ4n) is 3.50. The maximum absolute atomic E-state index is 13.3. The summed E-state index contributed by atoms with van der Waals surface area (Å²) in [4.78, 5) is 19.5. The van der Waals surface area contributed by atoms with E-state index in [2.05, 4.69) is 36.2 Å². The third-order valence-electron chi connectivity index (χ3n) is 5.03. The average molecular weight is 383 g/mol. The van der Waals surface area contributed by atoms with Gasteiger partial charge in [-0.3, -0.25) is 4.79 Å². The molecule has 0 fully saturated rings. The SMILES string of the molecule is CSc1ccc(CN(CCO)C(=O)c2[nH]c3c(C)ccc(C)c3c2C)cc1. The van der Waals surface area contributed by atoms with Gasteiger partial charge in [0.2, 0.25) is 0 Å². The van der Waals surface area contributed by atoms with Crippen LogP contribution in [-0.4, -0.2) is 40.3 Å². The van der Waals surface area contributed by atoms with Crippen molar-refractivity contribution in [1.29, 1.82) is 0 Å². The van der Waals surface area contributed by atoms with Crippen molar-refractivity contribution in [3.8, 4) is 0 Å². The molecule has 4 nitrogen and oxygen atoms in total. The number of carbonyl (C=O) groups excluding carboxylic acids is 1. The van der Waals surface area contributed by atoms with E-state index in [1.165, 1.54) is 4.90 Å². The van der Waals surface area contributed by atoms with E-state index in [1.807, 2.05) is 32.2 Å². The standard InChI is InChI=1S/C22H26N2O2S/c1-14-5-6-15(2)20-19(14)16(3)21(23-20)22(26)24(11-12-25)13-17-7-9-18(27-4)10-8-17/h5-10,23,25H,11-13H2,1-4H3. The summed E-state index contributed by atoms with van der Waals surface area (Å²) in [6, 6.07) is 12.4. The zero-order valence-electron chi connectivity index (χ0n) is 16.3. The Bertz CT molecular complexity index is 961. The Balaban J connectivity index is 1.95. The number of aromatic amines is 1. The first-order chi connectivity index (χ1) is 13.0. The van der Waals surface area contributed by atoms with Crippen LogP contribution in [0, 0.1) is 20.8 Å². The molecule has 1 heterocycles. The first-order valence-electron chi connectivity index (χ1n) is 9.07. The Hall–Kier alpha value is -2.24. The number of thioether (sulfide) groups is 1. The van der Waals surface area contributed by atoms with Crippen LogP contribution in [0.5, 0.6) is 0 Å². The molecule has 0 aliphatic heterocycles. The number of aliphatic hydroxyl groups excluding tert-OH is 1. The zero-order chi connectivity index (χ0) is 19.6. The maximum Gasteiger partial charge on any atom is 0.270 e. The number of aliphatic hydroxyl groups is 1. The van der Waals surface area contributed by atoms with Crippen molar-refractivity contribution in [3.63, 3.8) is 0 Å². The number of nitrogens with one attached hydrogen (secondary N) is 1. The highest BCUT2D eigenvalue weighted by molar-refractivity contribution is 7.98. The number of hydrogen-bond acceptors (Lipinski definition) is 3. The summed E-state index contributed by atoms with van der Waals surface area (Å²) in [5, 5.41) is 10.6. The molecule has 0 radical (unpaired) electrons. The Kier molecular flexibility index (Phi) is 5.92. The molecule has 0 aliphatic rings. The number of amides is 1. The summed E-state index contributed by atoms with van der Waals surface area (Å²) in [6.45, 7) is 6.81. The molecule has 3 aromatic rings. The lowest BCUT2D eigenvalue weighted by molar-refractivity contribution is 0.0702. The van der Waals surface area contributed by atoms with Gasteiger partial charge in [-0.1, -0.05) is 24.3 Å². The molecule has 0 bridgehead atoms. The molecule has 2 aromatic carbocycles. The van der Waals surface area contributed by atoms with Gasteiger partial charge in [-0.2, -0.15) is 0 Å². The lowest BCUT2D eigenvalue weighted by Gasteiger charge is -2.22. The van der Waals surface area contributed by atoms with Crippen molar-refractivity contribution in [1.82, 2.24) is 9.88 Å². The summed E-state index contributed by atoms with van der Waals surface area (Å²) >= 11 is 1.69. The molecule has 5 heteroatoms. The smallest absolute Gasteiger partial charge is 0.270 e. The van der Waals surface area contributed by atoms with E-state index in [-0.39, 0.29) is 12.5 Å². The molecule has 0 aliphatic carbocycles. The van der Waals surface area contributed by atoms with E-state index >= 15 is 0 Å². The number of carbonyl (C=O) groups is 1. The Morgan fingerprint density at radius 1 is 1.07 bits per heavy atom. The Morgan fingerprint density at radius 3 is 2.33 bits per heavy atom. The topological polar surface area (TPSA) is 56.3 Å².